The molecule has 0 saturated carbocycles. The molecular weight excluding hydrogens is 585 g/mol. The van der Waals surface area contributed by atoms with Crippen molar-refractivity contribution in [3.05, 3.63) is 83.1 Å². The van der Waals surface area contributed by atoms with Gasteiger partial charge in [0, 0.05) is 24.2 Å². The molecule has 3 aromatic rings. The van der Waals surface area contributed by atoms with Gasteiger partial charge in [0.05, 0.1) is 24.8 Å². The molecule has 0 aliphatic heterocycles. The van der Waals surface area contributed by atoms with Crippen LogP contribution in [0.1, 0.15) is 32.3 Å². The quantitative estimate of drug-likeness (QED) is 0.272. The zero-order valence-electron chi connectivity index (χ0n) is 24.0. The fourth-order valence-electron chi connectivity index (χ4n) is 4.34. The summed E-state index contributed by atoms with van der Waals surface area (Å²) in [6.45, 7) is 3.38. The van der Waals surface area contributed by atoms with Crippen LogP contribution in [0.25, 0.3) is 0 Å². The number of anilines is 1. The van der Waals surface area contributed by atoms with Crippen molar-refractivity contribution in [3.63, 3.8) is 0 Å². The first-order valence-corrected chi connectivity index (χ1v) is 15.2. The van der Waals surface area contributed by atoms with E-state index in [1.165, 1.54) is 49.5 Å². The number of halogens is 2. The highest BCUT2D eigenvalue weighted by Crippen LogP contribution is 2.32. The molecule has 1 N–H and O–H groups in total. The van der Waals surface area contributed by atoms with Gasteiger partial charge in [-0.2, -0.15) is 0 Å². The van der Waals surface area contributed by atoms with Crippen molar-refractivity contribution in [2.75, 3.05) is 31.6 Å². The Bertz CT molecular complexity index is 1490. The lowest BCUT2D eigenvalue weighted by molar-refractivity contribution is -0.140. The van der Waals surface area contributed by atoms with Gasteiger partial charge < -0.3 is 19.7 Å². The SMILES string of the molecule is CCCNC(=O)[C@H](CC)N(Cc1ccccc1Cl)C(=O)CN(c1ccc(F)cc1)S(=O)(=O)c1ccc(OC)c(OC)c1. The molecule has 0 spiro atoms. The number of carbonyl (C=O) groups is 2. The van der Waals surface area contributed by atoms with Crippen molar-refractivity contribution in [2.24, 2.45) is 0 Å². The zero-order chi connectivity index (χ0) is 30.9. The average Bonchev–Trinajstić information content (AvgIpc) is 2.99. The third-order valence-corrected chi connectivity index (χ3v) is 8.71. The van der Waals surface area contributed by atoms with Crippen LogP contribution in [0, 0.1) is 5.82 Å². The Labute approximate surface area is 251 Å². The number of rotatable bonds is 14. The molecular formula is C30H35ClFN3O6S. The number of hydrogen-bond donors (Lipinski definition) is 1. The summed E-state index contributed by atoms with van der Waals surface area (Å²) >= 11 is 6.40. The van der Waals surface area contributed by atoms with Gasteiger partial charge in [-0.25, -0.2) is 12.8 Å². The van der Waals surface area contributed by atoms with E-state index in [9.17, 15) is 22.4 Å². The Morgan fingerprint density at radius 2 is 1.64 bits per heavy atom. The van der Waals surface area contributed by atoms with E-state index in [0.29, 0.717) is 29.3 Å². The number of hydrogen-bond acceptors (Lipinski definition) is 6. The highest BCUT2D eigenvalue weighted by molar-refractivity contribution is 7.92. The first-order chi connectivity index (χ1) is 20.1. The second-order valence-electron chi connectivity index (χ2n) is 9.33. The third-order valence-electron chi connectivity index (χ3n) is 6.57. The monoisotopic (exact) mass is 619 g/mol. The third kappa shape index (κ3) is 7.71. The van der Waals surface area contributed by atoms with Gasteiger partial charge in [-0.15, -0.1) is 0 Å². The maximum absolute atomic E-state index is 14.1. The Kier molecular flexibility index (Phi) is 11.6. The maximum Gasteiger partial charge on any atom is 0.264 e. The van der Waals surface area contributed by atoms with Gasteiger partial charge in [-0.05, 0) is 60.9 Å². The van der Waals surface area contributed by atoms with Crippen LogP contribution in [-0.2, 0) is 26.2 Å². The fraction of sp³-hybridized carbons (Fsp3) is 0.333. The number of ether oxygens (including phenoxy) is 2. The molecule has 226 valence electrons. The number of nitrogens with zero attached hydrogens (tertiary/aromatic N) is 2. The van der Waals surface area contributed by atoms with E-state index in [0.717, 1.165) is 16.4 Å². The lowest BCUT2D eigenvalue weighted by Crippen LogP contribution is -2.52. The molecule has 2 amide bonds. The lowest BCUT2D eigenvalue weighted by Gasteiger charge is -2.33. The summed E-state index contributed by atoms with van der Waals surface area (Å²) in [7, 11) is -1.61. The summed E-state index contributed by atoms with van der Waals surface area (Å²) < 4.78 is 53.3. The molecule has 0 radical (unpaired) electrons. The second-order valence-corrected chi connectivity index (χ2v) is 11.6. The number of sulfonamides is 1. The largest absolute Gasteiger partial charge is 0.493 e. The molecule has 9 nitrogen and oxygen atoms in total. The van der Waals surface area contributed by atoms with Gasteiger partial charge in [0.1, 0.15) is 18.4 Å². The molecule has 0 saturated heterocycles. The molecule has 42 heavy (non-hydrogen) atoms. The number of nitrogens with one attached hydrogen (secondary N) is 1. The predicted molar refractivity (Wildman–Crippen MR) is 160 cm³/mol. The number of amides is 2. The van der Waals surface area contributed by atoms with Crippen LogP contribution < -0.4 is 19.1 Å². The Morgan fingerprint density at radius 1 is 0.976 bits per heavy atom. The van der Waals surface area contributed by atoms with Gasteiger partial charge >= 0.3 is 0 Å². The van der Waals surface area contributed by atoms with Crippen LogP contribution in [-0.4, -0.2) is 58.5 Å². The smallest absolute Gasteiger partial charge is 0.264 e. The van der Waals surface area contributed by atoms with Gasteiger partial charge in [0.2, 0.25) is 11.8 Å². The van der Waals surface area contributed by atoms with E-state index >= 15 is 0 Å². The Morgan fingerprint density at radius 3 is 2.24 bits per heavy atom. The minimum atomic E-state index is -4.40. The summed E-state index contributed by atoms with van der Waals surface area (Å²) in [6.07, 6.45) is 0.966. The summed E-state index contributed by atoms with van der Waals surface area (Å²) in [5.74, 6) is -1.11. The van der Waals surface area contributed by atoms with Crippen molar-refractivity contribution in [1.82, 2.24) is 10.2 Å². The standard InChI is InChI=1S/C30H35ClFN3O6S/c1-5-17-33-30(37)26(6-2)34(19-21-9-7-8-10-25(21)31)29(36)20-35(23-13-11-22(32)12-14-23)42(38,39)24-15-16-27(40-3)28(18-24)41-4/h7-16,18,26H,5-6,17,19-20H2,1-4H3,(H,33,37)/t26-/m0/s1. The van der Waals surface area contributed by atoms with E-state index in [1.54, 1.807) is 31.2 Å². The van der Waals surface area contributed by atoms with Crippen LogP contribution >= 0.6 is 11.6 Å². The first-order valence-electron chi connectivity index (χ1n) is 13.4. The second kappa shape index (κ2) is 14.9. The van der Waals surface area contributed by atoms with Gasteiger partial charge in [0.15, 0.2) is 11.5 Å². The molecule has 3 rings (SSSR count). The molecule has 3 aromatic carbocycles. The zero-order valence-corrected chi connectivity index (χ0v) is 25.5. The molecule has 0 fully saturated rings. The van der Waals surface area contributed by atoms with Crippen molar-refractivity contribution in [1.29, 1.82) is 0 Å². The van der Waals surface area contributed by atoms with Crippen molar-refractivity contribution < 1.29 is 31.9 Å². The summed E-state index contributed by atoms with van der Waals surface area (Å²) in [5, 5.41) is 3.22. The minimum absolute atomic E-state index is 0.0375. The molecule has 1 atom stereocenters. The summed E-state index contributed by atoms with van der Waals surface area (Å²) in [4.78, 5) is 28.4. The van der Waals surface area contributed by atoms with Gasteiger partial charge in [-0.3, -0.25) is 13.9 Å². The molecule has 0 heterocycles. The van der Waals surface area contributed by atoms with Crippen LogP contribution in [0.5, 0.6) is 11.5 Å². The highest BCUT2D eigenvalue weighted by atomic mass is 35.5. The first kappa shape index (κ1) is 32.7. The highest BCUT2D eigenvalue weighted by Gasteiger charge is 2.34. The average molecular weight is 620 g/mol. The molecule has 0 aromatic heterocycles. The summed E-state index contributed by atoms with van der Waals surface area (Å²) in [5.41, 5.74) is 0.644. The molecule has 12 heteroatoms. The number of methoxy groups -OCH3 is 2. The van der Waals surface area contributed by atoms with Gasteiger partial charge in [0.25, 0.3) is 10.0 Å². The van der Waals surface area contributed by atoms with Crippen LogP contribution in [0.4, 0.5) is 10.1 Å². The van der Waals surface area contributed by atoms with Crippen molar-refractivity contribution in [2.45, 2.75) is 44.2 Å². The molecule has 0 unspecified atom stereocenters. The van der Waals surface area contributed by atoms with E-state index in [-0.39, 0.29) is 35.2 Å². The van der Waals surface area contributed by atoms with E-state index in [1.807, 2.05) is 6.92 Å². The van der Waals surface area contributed by atoms with Crippen LogP contribution in [0.15, 0.2) is 71.6 Å². The Balaban J connectivity index is 2.10. The lowest BCUT2D eigenvalue weighted by atomic mass is 10.1. The minimum Gasteiger partial charge on any atom is -0.493 e. The van der Waals surface area contributed by atoms with Crippen molar-refractivity contribution >= 4 is 39.1 Å². The van der Waals surface area contributed by atoms with Gasteiger partial charge in [-0.1, -0.05) is 43.6 Å². The molecule has 0 aliphatic rings. The Hall–Kier alpha value is -3.83. The van der Waals surface area contributed by atoms with Crippen LogP contribution in [0.2, 0.25) is 5.02 Å². The van der Waals surface area contributed by atoms with Crippen molar-refractivity contribution in [3.8, 4) is 11.5 Å². The van der Waals surface area contributed by atoms with E-state index < -0.39 is 34.3 Å². The van der Waals surface area contributed by atoms with Crippen LogP contribution in [0.3, 0.4) is 0 Å². The predicted octanol–water partition coefficient (Wildman–Crippen LogP) is 5.03. The maximum atomic E-state index is 14.1. The normalized spacial score (nSPS) is 11.9. The number of benzene rings is 3. The molecule has 0 bridgehead atoms. The topological polar surface area (TPSA) is 105 Å². The summed E-state index contributed by atoms with van der Waals surface area (Å²) in [6, 6.07) is 14.8. The number of carbonyl (C=O) groups excluding carboxylic acids is 2. The van der Waals surface area contributed by atoms with E-state index in [2.05, 4.69) is 5.32 Å². The van der Waals surface area contributed by atoms with E-state index in [4.69, 9.17) is 21.1 Å². The molecule has 0 aliphatic carbocycles. The fourth-order valence-corrected chi connectivity index (χ4v) is 5.96.